The van der Waals surface area contributed by atoms with Crippen LogP contribution in [0.5, 0.6) is 0 Å². The third-order valence-electron chi connectivity index (χ3n) is 3.04. The summed E-state index contributed by atoms with van der Waals surface area (Å²) in [5.41, 5.74) is 2.25. The molecule has 0 spiro atoms. The molecule has 1 saturated heterocycles. The van der Waals surface area contributed by atoms with E-state index in [-0.39, 0.29) is 5.41 Å². The van der Waals surface area contributed by atoms with E-state index in [1.165, 1.54) is 0 Å². The van der Waals surface area contributed by atoms with Gasteiger partial charge in [0.15, 0.2) is 5.58 Å². The molecule has 84 valence electrons. The first-order valence-electron chi connectivity index (χ1n) is 5.01. The smallest absolute Gasteiger partial charge is 0.408 e. The Morgan fingerprint density at radius 2 is 2.25 bits per heavy atom. The Morgan fingerprint density at radius 3 is 2.88 bits per heavy atom. The zero-order chi connectivity index (χ0) is 11.2. The van der Waals surface area contributed by atoms with Crippen molar-refractivity contribution in [3.63, 3.8) is 0 Å². The number of aromatic amines is 1. The van der Waals surface area contributed by atoms with Crippen LogP contribution in [0.15, 0.2) is 27.4 Å². The molecule has 1 N–H and O–H groups in total. The SMILES string of the molecule is O=c1[nH]c2cc(C3(CCl)COC3)ccc2o1. The van der Waals surface area contributed by atoms with Gasteiger partial charge in [0.25, 0.3) is 0 Å². The van der Waals surface area contributed by atoms with Crippen molar-refractivity contribution in [1.82, 2.24) is 4.98 Å². The van der Waals surface area contributed by atoms with Crippen LogP contribution in [0.25, 0.3) is 11.1 Å². The van der Waals surface area contributed by atoms with Crippen molar-refractivity contribution >= 4 is 22.7 Å². The van der Waals surface area contributed by atoms with Crippen LogP contribution in [-0.2, 0) is 10.2 Å². The lowest BCUT2D eigenvalue weighted by atomic mass is 9.80. The number of aromatic nitrogens is 1. The highest BCUT2D eigenvalue weighted by molar-refractivity contribution is 6.18. The van der Waals surface area contributed by atoms with Crippen molar-refractivity contribution in [2.45, 2.75) is 5.41 Å². The molecule has 3 rings (SSSR count). The lowest BCUT2D eigenvalue weighted by Crippen LogP contribution is -2.48. The minimum atomic E-state index is -0.433. The standard InChI is InChI=1S/C11H10ClNO3/c12-4-11(5-15-6-11)7-1-2-9-8(3-7)13-10(14)16-9/h1-3H,4-6H2,(H,13,14). The highest BCUT2D eigenvalue weighted by Crippen LogP contribution is 2.34. The largest absolute Gasteiger partial charge is 0.417 e. The van der Waals surface area contributed by atoms with E-state index in [4.69, 9.17) is 20.8 Å². The van der Waals surface area contributed by atoms with Crippen LogP contribution < -0.4 is 5.76 Å². The van der Waals surface area contributed by atoms with Crippen LogP contribution in [0.2, 0.25) is 0 Å². The Morgan fingerprint density at radius 1 is 1.44 bits per heavy atom. The number of H-pyrrole nitrogens is 1. The van der Waals surface area contributed by atoms with Crippen molar-refractivity contribution in [2.75, 3.05) is 19.1 Å². The fourth-order valence-electron chi connectivity index (χ4n) is 1.95. The van der Waals surface area contributed by atoms with Crippen molar-refractivity contribution in [3.05, 3.63) is 34.3 Å². The third-order valence-corrected chi connectivity index (χ3v) is 3.56. The van der Waals surface area contributed by atoms with Gasteiger partial charge in [-0.05, 0) is 17.7 Å². The van der Waals surface area contributed by atoms with Crippen LogP contribution in [-0.4, -0.2) is 24.1 Å². The molecule has 1 aromatic heterocycles. The van der Waals surface area contributed by atoms with Crippen molar-refractivity contribution in [2.24, 2.45) is 0 Å². The number of hydrogen-bond donors (Lipinski definition) is 1. The molecule has 1 aliphatic heterocycles. The molecule has 16 heavy (non-hydrogen) atoms. The van der Waals surface area contributed by atoms with Gasteiger partial charge in [0, 0.05) is 5.88 Å². The Balaban J connectivity index is 2.14. The molecule has 0 amide bonds. The molecule has 2 heterocycles. The van der Waals surface area contributed by atoms with Crippen molar-refractivity contribution in [1.29, 1.82) is 0 Å². The quantitative estimate of drug-likeness (QED) is 0.811. The predicted molar refractivity (Wildman–Crippen MR) is 60.1 cm³/mol. The van der Waals surface area contributed by atoms with E-state index in [0.717, 1.165) is 5.56 Å². The van der Waals surface area contributed by atoms with E-state index in [1.54, 1.807) is 6.07 Å². The summed E-state index contributed by atoms with van der Waals surface area (Å²) in [6.07, 6.45) is 0. The summed E-state index contributed by atoms with van der Waals surface area (Å²) in [4.78, 5) is 13.7. The van der Waals surface area contributed by atoms with E-state index in [1.807, 2.05) is 12.1 Å². The highest BCUT2D eigenvalue weighted by Gasteiger charge is 2.39. The Bertz CT molecular complexity index is 577. The second kappa shape index (κ2) is 3.37. The first-order valence-corrected chi connectivity index (χ1v) is 5.54. The minimum absolute atomic E-state index is 0.107. The number of ether oxygens (including phenoxy) is 1. The molecule has 0 aliphatic carbocycles. The number of halogens is 1. The predicted octanol–water partition coefficient (Wildman–Crippen LogP) is 1.63. The van der Waals surface area contributed by atoms with Gasteiger partial charge in [-0.2, -0.15) is 0 Å². The number of benzene rings is 1. The minimum Gasteiger partial charge on any atom is -0.408 e. The fraction of sp³-hybridized carbons (Fsp3) is 0.364. The summed E-state index contributed by atoms with van der Waals surface area (Å²) in [6.45, 7) is 1.26. The van der Waals surface area contributed by atoms with E-state index < -0.39 is 5.76 Å². The second-order valence-electron chi connectivity index (χ2n) is 4.13. The normalized spacial score (nSPS) is 18.6. The summed E-state index contributed by atoms with van der Waals surface area (Å²) in [5.74, 6) is 0.0811. The Labute approximate surface area is 96.2 Å². The van der Waals surface area contributed by atoms with E-state index in [9.17, 15) is 4.79 Å². The molecular weight excluding hydrogens is 230 g/mol. The number of fused-ring (bicyclic) bond motifs is 1. The molecule has 1 aliphatic rings. The van der Waals surface area contributed by atoms with Gasteiger partial charge >= 0.3 is 5.76 Å². The maximum Gasteiger partial charge on any atom is 0.417 e. The van der Waals surface area contributed by atoms with Gasteiger partial charge in [-0.25, -0.2) is 4.79 Å². The molecule has 0 bridgehead atoms. The first-order chi connectivity index (χ1) is 7.73. The van der Waals surface area contributed by atoms with Crippen LogP contribution in [0.1, 0.15) is 5.56 Å². The Hall–Kier alpha value is -1.26. The number of alkyl halides is 1. The first kappa shape index (κ1) is 9.93. The maximum absolute atomic E-state index is 11.0. The fourth-order valence-corrected chi connectivity index (χ4v) is 2.26. The average Bonchev–Trinajstić information content (AvgIpc) is 2.56. The van der Waals surface area contributed by atoms with Crippen molar-refractivity contribution < 1.29 is 9.15 Å². The van der Waals surface area contributed by atoms with Gasteiger partial charge in [-0.15, -0.1) is 11.6 Å². The molecule has 0 atom stereocenters. The summed E-state index contributed by atoms with van der Waals surface area (Å²) in [5, 5.41) is 0. The lowest BCUT2D eigenvalue weighted by molar-refractivity contribution is -0.0479. The summed E-state index contributed by atoms with van der Waals surface area (Å²) in [7, 11) is 0. The van der Waals surface area contributed by atoms with Gasteiger partial charge < -0.3 is 9.15 Å². The van der Waals surface area contributed by atoms with Gasteiger partial charge in [0.2, 0.25) is 0 Å². The van der Waals surface area contributed by atoms with Crippen molar-refractivity contribution in [3.8, 4) is 0 Å². The van der Waals surface area contributed by atoms with Crippen LogP contribution in [0.3, 0.4) is 0 Å². The van der Waals surface area contributed by atoms with E-state index in [2.05, 4.69) is 4.98 Å². The molecule has 2 aromatic rings. The average molecular weight is 240 g/mol. The molecule has 4 nitrogen and oxygen atoms in total. The molecule has 0 unspecified atom stereocenters. The summed E-state index contributed by atoms with van der Waals surface area (Å²) < 4.78 is 10.2. The zero-order valence-corrected chi connectivity index (χ0v) is 9.21. The molecule has 1 aromatic carbocycles. The van der Waals surface area contributed by atoms with Gasteiger partial charge in [0.1, 0.15) is 0 Å². The molecule has 0 saturated carbocycles. The zero-order valence-electron chi connectivity index (χ0n) is 8.46. The molecule has 1 fully saturated rings. The summed E-state index contributed by atoms with van der Waals surface area (Å²) in [6, 6.07) is 5.63. The maximum atomic E-state index is 11.0. The topological polar surface area (TPSA) is 55.2 Å². The van der Waals surface area contributed by atoms with Gasteiger partial charge in [-0.3, -0.25) is 4.98 Å². The van der Waals surface area contributed by atoms with Crippen LogP contribution in [0.4, 0.5) is 0 Å². The van der Waals surface area contributed by atoms with E-state index in [0.29, 0.717) is 30.2 Å². The number of rotatable bonds is 2. The number of nitrogens with one attached hydrogen (secondary N) is 1. The number of oxazole rings is 1. The number of hydrogen-bond acceptors (Lipinski definition) is 3. The molecule has 5 heteroatoms. The molecular formula is C11H10ClNO3. The van der Waals surface area contributed by atoms with Crippen LogP contribution in [0, 0.1) is 0 Å². The second-order valence-corrected chi connectivity index (χ2v) is 4.40. The van der Waals surface area contributed by atoms with Crippen LogP contribution >= 0.6 is 11.6 Å². The van der Waals surface area contributed by atoms with Gasteiger partial charge in [0.05, 0.1) is 24.1 Å². The third kappa shape index (κ3) is 1.30. The van der Waals surface area contributed by atoms with E-state index >= 15 is 0 Å². The Kier molecular flexibility index (Phi) is 2.09. The summed E-state index contributed by atoms with van der Waals surface area (Å²) >= 11 is 5.98. The lowest BCUT2D eigenvalue weighted by Gasteiger charge is -2.40. The van der Waals surface area contributed by atoms with Gasteiger partial charge in [-0.1, -0.05) is 6.07 Å². The molecule has 0 radical (unpaired) electrons. The monoisotopic (exact) mass is 239 g/mol. The highest BCUT2D eigenvalue weighted by atomic mass is 35.5.